The number of pyridine rings is 1. The molecular formula is C17H17FN2O3. The number of carbonyl (C=O) groups excluding carboxylic acids is 2. The lowest BCUT2D eigenvalue weighted by Crippen LogP contribution is -2.26. The van der Waals surface area contributed by atoms with Crippen LogP contribution in [0.15, 0.2) is 42.6 Å². The molecule has 23 heavy (non-hydrogen) atoms. The van der Waals surface area contributed by atoms with Crippen molar-refractivity contribution >= 4 is 11.9 Å². The van der Waals surface area contributed by atoms with Crippen LogP contribution < -0.4 is 5.32 Å². The Balaban J connectivity index is 1.94. The Hall–Kier alpha value is -2.76. The summed E-state index contributed by atoms with van der Waals surface area (Å²) in [5.74, 6) is -1.02. The van der Waals surface area contributed by atoms with Gasteiger partial charge in [-0.25, -0.2) is 4.39 Å². The lowest BCUT2D eigenvalue weighted by molar-refractivity contribution is -0.142. The summed E-state index contributed by atoms with van der Waals surface area (Å²) < 4.78 is 18.0. The van der Waals surface area contributed by atoms with Gasteiger partial charge >= 0.3 is 5.97 Å². The lowest BCUT2D eigenvalue weighted by atomic mass is 10.1. The van der Waals surface area contributed by atoms with E-state index in [0.29, 0.717) is 23.4 Å². The molecule has 0 radical (unpaired) electrons. The number of hydrogen-bond donors (Lipinski definition) is 1. The van der Waals surface area contributed by atoms with Crippen molar-refractivity contribution in [3.8, 4) is 11.3 Å². The fourth-order valence-electron chi connectivity index (χ4n) is 1.96. The molecule has 0 aliphatic rings. The minimum absolute atomic E-state index is 0.119. The highest BCUT2D eigenvalue weighted by molar-refractivity contribution is 5.94. The highest BCUT2D eigenvalue weighted by Gasteiger charge is 2.08. The van der Waals surface area contributed by atoms with E-state index in [1.807, 2.05) is 0 Å². The summed E-state index contributed by atoms with van der Waals surface area (Å²) in [6, 6.07) is 9.32. The first-order valence-electron chi connectivity index (χ1n) is 7.26. The third-order valence-electron chi connectivity index (χ3n) is 3.07. The van der Waals surface area contributed by atoms with Crippen LogP contribution in [0.2, 0.25) is 0 Å². The molecule has 0 unspecified atom stereocenters. The van der Waals surface area contributed by atoms with Gasteiger partial charge in [0.1, 0.15) is 5.82 Å². The predicted molar refractivity (Wildman–Crippen MR) is 83.2 cm³/mol. The Morgan fingerprint density at radius 1 is 1.26 bits per heavy atom. The maximum Gasteiger partial charge on any atom is 0.307 e. The summed E-state index contributed by atoms with van der Waals surface area (Å²) >= 11 is 0. The Bertz CT molecular complexity index is 686. The fraction of sp³-hybridized carbons (Fsp3) is 0.235. The van der Waals surface area contributed by atoms with E-state index in [-0.39, 0.29) is 30.7 Å². The molecule has 1 heterocycles. The average Bonchev–Trinajstić information content (AvgIpc) is 2.55. The summed E-state index contributed by atoms with van der Waals surface area (Å²) in [5.41, 5.74) is 1.58. The van der Waals surface area contributed by atoms with Crippen LogP contribution in [0, 0.1) is 5.82 Å². The summed E-state index contributed by atoms with van der Waals surface area (Å²) in [6.45, 7) is 2.24. The van der Waals surface area contributed by atoms with Crippen molar-refractivity contribution in [2.45, 2.75) is 13.3 Å². The van der Waals surface area contributed by atoms with Crippen molar-refractivity contribution in [3.63, 3.8) is 0 Å². The molecule has 2 aromatic rings. The Kier molecular flexibility index (Phi) is 5.80. The SMILES string of the molecule is CCOC(=O)CCNC(=O)c1ccc(-c2cccc(F)c2)nc1. The van der Waals surface area contributed by atoms with Crippen LogP contribution in [0.5, 0.6) is 0 Å². The van der Waals surface area contributed by atoms with Crippen molar-refractivity contribution in [3.05, 3.63) is 54.0 Å². The number of nitrogens with zero attached hydrogens (tertiary/aromatic N) is 1. The van der Waals surface area contributed by atoms with Gasteiger partial charge in [0.2, 0.25) is 0 Å². The van der Waals surface area contributed by atoms with Gasteiger partial charge in [0, 0.05) is 18.3 Å². The second-order valence-electron chi connectivity index (χ2n) is 4.75. The van der Waals surface area contributed by atoms with Crippen molar-refractivity contribution in [2.24, 2.45) is 0 Å². The third-order valence-corrected chi connectivity index (χ3v) is 3.07. The number of aromatic nitrogens is 1. The van der Waals surface area contributed by atoms with E-state index in [2.05, 4.69) is 10.3 Å². The van der Waals surface area contributed by atoms with Crippen LogP contribution in [0.25, 0.3) is 11.3 Å². The molecule has 0 fully saturated rings. The van der Waals surface area contributed by atoms with E-state index in [9.17, 15) is 14.0 Å². The van der Waals surface area contributed by atoms with E-state index >= 15 is 0 Å². The monoisotopic (exact) mass is 316 g/mol. The standard InChI is InChI=1S/C17H17FN2O3/c1-2-23-16(21)8-9-19-17(22)13-6-7-15(20-11-13)12-4-3-5-14(18)10-12/h3-7,10-11H,2,8-9H2,1H3,(H,19,22). The van der Waals surface area contributed by atoms with Gasteiger partial charge in [0.25, 0.3) is 5.91 Å². The predicted octanol–water partition coefficient (Wildman–Crippen LogP) is 2.57. The molecule has 0 spiro atoms. The quantitative estimate of drug-likeness (QED) is 0.832. The van der Waals surface area contributed by atoms with Gasteiger partial charge in [-0.15, -0.1) is 0 Å². The molecule has 1 aromatic heterocycles. The normalized spacial score (nSPS) is 10.2. The minimum Gasteiger partial charge on any atom is -0.466 e. The van der Waals surface area contributed by atoms with Gasteiger partial charge in [-0.1, -0.05) is 12.1 Å². The van der Waals surface area contributed by atoms with E-state index in [1.165, 1.54) is 18.3 Å². The first-order valence-corrected chi connectivity index (χ1v) is 7.26. The molecule has 0 bridgehead atoms. The number of halogens is 1. The number of carbonyl (C=O) groups is 2. The van der Waals surface area contributed by atoms with E-state index in [4.69, 9.17) is 4.74 Å². The largest absolute Gasteiger partial charge is 0.466 e. The molecule has 0 aliphatic heterocycles. The van der Waals surface area contributed by atoms with Gasteiger partial charge in [0.05, 0.1) is 24.3 Å². The van der Waals surface area contributed by atoms with Crippen LogP contribution in [0.1, 0.15) is 23.7 Å². The molecule has 6 heteroatoms. The van der Waals surface area contributed by atoms with Crippen molar-refractivity contribution in [1.82, 2.24) is 10.3 Å². The van der Waals surface area contributed by atoms with Gasteiger partial charge < -0.3 is 10.1 Å². The Labute approximate surface area is 133 Å². The average molecular weight is 316 g/mol. The number of esters is 1. The van der Waals surface area contributed by atoms with E-state index < -0.39 is 0 Å². The fourth-order valence-corrected chi connectivity index (χ4v) is 1.96. The van der Waals surface area contributed by atoms with Gasteiger partial charge in [-0.2, -0.15) is 0 Å². The van der Waals surface area contributed by atoms with Crippen molar-refractivity contribution in [1.29, 1.82) is 0 Å². The zero-order chi connectivity index (χ0) is 16.7. The number of hydrogen-bond acceptors (Lipinski definition) is 4. The zero-order valence-corrected chi connectivity index (χ0v) is 12.7. The van der Waals surface area contributed by atoms with Crippen LogP contribution in [0.4, 0.5) is 4.39 Å². The molecule has 2 rings (SSSR count). The second-order valence-corrected chi connectivity index (χ2v) is 4.75. The smallest absolute Gasteiger partial charge is 0.307 e. The molecule has 5 nitrogen and oxygen atoms in total. The van der Waals surface area contributed by atoms with Gasteiger partial charge in [-0.05, 0) is 31.2 Å². The molecule has 0 aliphatic carbocycles. The molecule has 1 N–H and O–H groups in total. The zero-order valence-electron chi connectivity index (χ0n) is 12.7. The first kappa shape index (κ1) is 16.6. The van der Waals surface area contributed by atoms with Crippen LogP contribution >= 0.6 is 0 Å². The molecule has 1 amide bonds. The van der Waals surface area contributed by atoms with Crippen molar-refractivity contribution < 1.29 is 18.7 Å². The molecule has 0 saturated carbocycles. The third kappa shape index (κ3) is 4.88. The molecular weight excluding hydrogens is 299 g/mol. The number of rotatable bonds is 6. The summed E-state index contributed by atoms with van der Waals surface area (Å²) in [7, 11) is 0. The number of nitrogens with one attached hydrogen (secondary N) is 1. The maximum atomic E-state index is 13.2. The van der Waals surface area contributed by atoms with Crippen LogP contribution in [0.3, 0.4) is 0 Å². The van der Waals surface area contributed by atoms with E-state index in [1.54, 1.807) is 31.2 Å². The summed E-state index contributed by atoms with van der Waals surface area (Å²) in [4.78, 5) is 27.3. The second kappa shape index (κ2) is 8.03. The maximum absolute atomic E-state index is 13.2. The summed E-state index contributed by atoms with van der Waals surface area (Å²) in [5, 5.41) is 2.62. The van der Waals surface area contributed by atoms with Gasteiger partial charge in [-0.3, -0.25) is 14.6 Å². The minimum atomic E-state index is -0.354. The number of ether oxygens (including phenoxy) is 1. The molecule has 1 aromatic carbocycles. The lowest BCUT2D eigenvalue weighted by Gasteiger charge is -2.06. The van der Waals surface area contributed by atoms with Crippen molar-refractivity contribution in [2.75, 3.05) is 13.2 Å². The van der Waals surface area contributed by atoms with Crippen LogP contribution in [-0.4, -0.2) is 30.0 Å². The van der Waals surface area contributed by atoms with E-state index in [0.717, 1.165) is 0 Å². The number of benzene rings is 1. The highest BCUT2D eigenvalue weighted by atomic mass is 19.1. The molecule has 0 atom stereocenters. The molecule has 120 valence electrons. The summed E-state index contributed by atoms with van der Waals surface area (Å²) in [6.07, 6.45) is 1.54. The highest BCUT2D eigenvalue weighted by Crippen LogP contribution is 2.17. The number of amides is 1. The Morgan fingerprint density at radius 3 is 2.74 bits per heavy atom. The van der Waals surface area contributed by atoms with Gasteiger partial charge in [0.15, 0.2) is 0 Å². The molecule has 0 saturated heterocycles. The topological polar surface area (TPSA) is 68.3 Å². The Morgan fingerprint density at radius 2 is 2.09 bits per heavy atom. The first-order chi connectivity index (χ1) is 11.1. The van der Waals surface area contributed by atoms with Crippen LogP contribution in [-0.2, 0) is 9.53 Å².